The molecular weight excluding hydrogens is 228 g/mol. The van der Waals surface area contributed by atoms with Gasteiger partial charge in [0, 0.05) is 25.2 Å². The van der Waals surface area contributed by atoms with Crippen LogP contribution in [0.15, 0.2) is 24.3 Å². The number of unbranched alkanes of at least 4 members (excludes halogenated alkanes) is 2. The van der Waals surface area contributed by atoms with Crippen molar-refractivity contribution in [2.75, 3.05) is 13.1 Å². The maximum atomic E-state index is 11.2. The minimum Gasteiger partial charge on any atom is -0.353 e. The Morgan fingerprint density at radius 1 is 0.833 bits per heavy atom. The number of rotatable bonds is 9. The van der Waals surface area contributed by atoms with E-state index in [4.69, 9.17) is 0 Å². The SMILES string of the molecule is CCCCNC(=O)/C=C\C=C/C(=O)NCCCC. The van der Waals surface area contributed by atoms with Crippen molar-refractivity contribution in [1.29, 1.82) is 0 Å². The molecule has 18 heavy (non-hydrogen) atoms. The normalized spacial score (nSPS) is 11.0. The molecule has 0 aromatic heterocycles. The number of carbonyl (C=O) groups is 2. The fourth-order valence-electron chi connectivity index (χ4n) is 1.18. The van der Waals surface area contributed by atoms with Crippen molar-refractivity contribution in [3.05, 3.63) is 24.3 Å². The van der Waals surface area contributed by atoms with Crippen molar-refractivity contribution < 1.29 is 9.59 Å². The molecule has 0 bridgehead atoms. The predicted octanol–water partition coefficient (Wildman–Crippen LogP) is 1.93. The summed E-state index contributed by atoms with van der Waals surface area (Å²) in [5.41, 5.74) is 0. The Morgan fingerprint density at radius 2 is 1.22 bits per heavy atom. The molecule has 0 saturated heterocycles. The number of hydrogen-bond acceptors (Lipinski definition) is 2. The second kappa shape index (κ2) is 11.9. The number of allylic oxidation sites excluding steroid dienone is 2. The third kappa shape index (κ3) is 10.9. The van der Waals surface area contributed by atoms with Crippen molar-refractivity contribution in [2.45, 2.75) is 39.5 Å². The van der Waals surface area contributed by atoms with Gasteiger partial charge in [0.15, 0.2) is 0 Å². The first-order valence-electron chi connectivity index (χ1n) is 6.61. The second-order valence-electron chi connectivity index (χ2n) is 4.01. The Balaban J connectivity index is 3.72. The maximum Gasteiger partial charge on any atom is 0.243 e. The minimum atomic E-state index is -0.125. The third-order valence-electron chi connectivity index (χ3n) is 2.27. The van der Waals surface area contributed by atoms with Gasteiger partial charge in [0.2, 0.25) is 11.8 Å². The molecule has 102 valence electrons. The van der Waals surface area contributed by atoms with Crippen molar-refractivity contribution in [3.8, 4) is 0 Å². The first-order valence-corrected chi connectivity index (χ1v) is 6.61. The summed E-state index contributed by atoms with van der Waals surface area (Å²) in [5, 5.41) is 5.51. The third-order valence-corrected chi connectivity index (χ3v) is 2.27. The van der Waals surface area contributed by atoms with Crippen LogP contribution in [0.2, 0.25) is 0 Å². The van der Waals surface area contributed by atoms with Crippen LogP contribution in [0.1, 0.15) is 39.5 Å². The van der Waals surface area contributed by atoms with E-state index in [0.717, 1.165) is 25.7 Å². The Bertz CT molecular complexity index is 266. The van der Waals surface area contributed by atoms with Gasteiger partial charge >= 0.3 is 0 Å². The quantitative estimate of drug-likeness (QED) is 0.374. The van der Waals surface area contributed by atoms with Crippen molar-refractivity contribution in [2.24, 2.45) is 0 Å². The highest BCUT2D eigenvalue weighted by molar-refractivity contribution is 5.89. The second-order valence-corrected chi connectivity index (χ2v) is 4.01. The van der Waals surface area contributed by atoms with Crippen molar-refractivity contribution >= 4 is 11.8 Å². The summed E-state index contributed by atoms with van der Waals surface area (Å²) in [4.78, 5) is 22.5. The van der Waals surface area contributed by atoms with E-state index < -0.39 is 0 Å². The molecule has 2 amide bonds. The summed E-state index contributed by atoms with van der Waals surface area (Å²) in [7, 11) is 0. The molecule has 0 unspecified atom stereocenters. The topological polar surface area (TPSA) is 58.2 Å². The Morgan fingerprint density at radius 3 is 1.56 bits per heavy atom. The monoisotopic (exact) mass is 252 g/mol. The number of carbonyl (C=O) groups excluding carboxylic acids is 2. The standard InChI is InChI=1S/C14H24N2O2/c1-3-5-11-15-13(17)9-7-8-10-14(18)16-12-6-4-2/h7-10H,3-6,11-12H2,1-2H3,(H,15,17)(H,16,18)/b9-7-,10-8-. The molecule has 0 rings (SSSR count). The molecule has 2 N–H and O–H groups in total. The first-order chi connectivity index (χ1) is 8.70. The molecule has 4 heteroatoms. The van der Waals surface area contributed by atoms with Gasteiger partial charge in [0.25, 0.3) is 0 Å². The van der Waals surface area contributed by atoms with E-state index in [1.165, 1.54) is 12.2 Å². The zero-order valence-electron chi connectivity index (χ0n) is 11.4. The lowest BCUT2D eigenvalue weighted by Gasteiger charge is -1.99. The molecular formula is C14H24N2O2. The number of hydrogen-bond donors (Lipinski definition) is 2. The summed E-state index contributed by atoms with van der Waals surface area (Å²) in [6.45, 7) is 5.53. The average molecular weight is 252 g/mol. The summed E-state index contributed by atoms with van der Waals surface area (Å²) >= 11 is 0. The lowest BCUT2D eigenvalue weighted by Crippen LogP contribution is -2.22. The van der Waals surface area contributed by atoms with Gasteiger partial charge in [-0.25, -0.2) is 0 Å². The minimum absolute atomic E-state index is 0.125. The molecule has 0 radical (unpaired) electrons. The van der Waals surface area contributed by atoms with E-state index in [2.05, 4.69) is 24.5 Å². The van der Waals surface area contributed by atoms with E-state index in [1.54, 1.807) is 12.2 Å². The molecule has 0 fully saturated rings. The lowest BCUT2D eigenvalue weighted by atomic mass is 10.3. The van der Waals surface area contributed by atoms with Gasteiger partial charge in [0.1, 0.15) is 0 Å². The van der Waals surface area contributed by atoms with Crippen LogP contribution >= 0.6 is 0 Å². The van der Waals surface area contributed by atoms with Gasteiger partial charge in [-0.15, -0.1) is 0 Å². The summed E-state index contributed by atoms with van der Waals surface area (Å²) in [5.74, 6) is -0.251. The van der Waals surface area contributed by atoms with Gasteiger partial charge < -0.3 is 10.6 Å². The van der Waals surface area contributed by atoms with Crippen LogP contribution in [0.5, 0.6) is 0 Å². The molecule has 0 aromatic carbocycles. The van der Waals surface area contributed by atoms with Gasteiger partial charge in [-0.2, -0.15) is 0 Å². The Labute approximate surface area is 110 Å². The summed E-state index contributed by atoms with van der Waals surface area (Å²) < 4.78 is 0. The molecule has 0 saturated carbocycles. The van der Waals surface area contributed by atoms with Gasteiger partial charge in [-0.05, 0) is 12.8 Å². The van der Waals surface area contributed by atoms with Crippen molar-refractivity contribution in [1.82, 2.24) is 10.6 Å². The zero-order valence-corrected chi connectivity index (χ0v) is 11.4. The molecule has 4 nitrogen and oxygen atoms in total. The lowest BCUT2D eigenvalue weighted by molar-refractivity contribution is -0.117. The molecule has 0 aromatic rings. The van der Waals surface area contributed by atoms with Crippen LogP contribution in [-0.4, -0.2) is 24.9 Å². The largest absolute Gasteiger partial charge is 0.353 e. The Kier molecular flexibility index (Phi) is 10.8. The Hall–Kier alpha value is -1.58. The van der Waals surface area contributed by atoms with Crippen LogP contribution in [0.25, 0.3) is 0 Å². The fraction of sp³-hybridized carbons (Fsp3) is 0.571. The maximum absolute atomic E-state index is 11.2. The average Bonchev–Trinajstić information content (AvgIpc) is 2.35. The van der Waals surface area contributed by atoms with Gasteiger partial charge in [-0.3, -0.25) is 9.59 Å². The highest BCUT2D eigenvalue weighted by Gasteiger charge is 1.93. The van der Waals surface area contributed by atoms with Gasteiger partial charge in [-0.1, -0.05) is 38.8 Å². The molecule has 0 aliphatic carbocycles. The van der Waals surface area contributed by atoms with E-state index in [9.17, 15) is 9.59 Å². The molecule has 0 spiro atoms. The molecule has 0 aliphatic heterocycles. The highest BCUT2D eigenvalue weighted by Crippen LogP contribution is 1.85. The smallest absolute Gasteiger partial charge is 0.243 e. The van der Waals surface area contributed by atoms with Crippen LogP contribution in [0, 0.1) is 0 Å². The molecule has 0 atom stereocenters. The molecule has 0 heterocycles. The zero-order chi connectivity index (χ0) is 13.6. The van der Waals surface area contributed by atoms with E-state index in [1.807, 2.05) is 0 Å². The van der Waals surface area contributed by atoms with Crippen LogP contribution in [-0.2, 0) is 9.59 Å². The van der Waals surface area contributed by atoms with E-state index in [0.29, 0.717) is 13.1 Å². The van der Waals surface area contributed by atoms with E-state index in [-0.39, 0.29) is 11.8 Å². The summed E-state index contributed by atoms with van der Waals surface area (Å²) in [6.07, 6.45) is 10.1. The fourth-order valence-corrected chi connectivity index (χ4v) is 1.18. The van der Waals surface area contributed by atoms with Crippen LogP contribution < -0.4 is 10.6 Å². The first kappa shape index (κ1) is 16.4. The van der Waals surface area contributed by atoms with Crippen LogP contribution in [0.4, 0.5) is 0 Å². The van der Waals surface area contributed by atoms with Crippen LogP contribution in [0.3, 0.4) is 0 Å². The number of amides is 2. The van der Waals surface area contributed by atoms with E-state index >= 15 is 0 Å². The molecule has 0 aliphatic rings. The van der Waals surface area contributed by atoms with Crippen molar-refractivity contribution in [3.63, 3.8) is 0 Å². The van der Waals surface area contributed by atoms with Gasteiger partial charge in [0.05, 0.1) is 0 Å². The number of nitrogens with one attached hydrogen (secondary N) is 2. The summed E-state index contributed by atoms with van der Waals surface area (Å²) in [6, 6.07) is 0. The highest BCUT2D eigenvalue weighted by atomic mass is 16.2. The predicted molar refractivity (Wildman–Crippen MR) is 74.1 cm³/mol.